The number of hydrogen-bond acceptors (Lipinski definition) is 3. The largest absolute Gasteiger partial charge is 0.854 e. The van der Waals surface area contributed by atoms with E-state index < -0.39 is 5.88 Å². The van der Waals surface area contributed by atoms with Crippen LogP contribution in [-0.4, -0.2) is 9.55 Å². The predicted molar refractivity (Wildman–Crippen MR) is 93.4 cm³/mol. The molecule has 5 nitrogen and oxygen atoms in total. The van der Waals surface area contributed by atoms with Gasteiger partial charge >= 0.3 is 5.56 Å². The molecule has 0 spiro atoms. The van der Waals surface area contributed by atoms with Crippen molar-refractivity contribution < 1.29 is 9.67 Å². The molecule has 4 rings (SSSR count). The first-order chi connectivity index (χ1) is 12.1. The fourth-order valence-corrected chi connectivity index (χ4v) is 2.91. The van der Waals surface area contributed by atoms with Crippen LogP contribution >= 0.6 is 0 Å². The van der Waals surface area contributed by atoms with Crippen LogP contribution in [0, 0.1) is 0 Å². The second-order valence-electron chi connectivity index (χ2n) is 5.80. The Morgan fingerprint density at radius 1 is 0.960 bits per heavy atom. The Hall–Kier alpha value is -3.47. The molecule has 0 unspecified atom stereocenters. The summed E-state index contributed by atoms with van der Waals surface area (Å²) in [6.45, 7) is 0. The first-order valence-electron chi connectivity index (χ1n) is 7.89. The molecular formula is C20H15N3O2. The molecule has 0 amide bonds. The monoisotopic (exact) mass is 329 g/mol. The van der Waals surface area contributed by atoms with E-state index in [4.69, 9.17) is 0 Å². The maximum Gasteiger partial charge on any atom is 0.325 e. The molecule has 5 heteroatoms. The van der Waals surface area contributed by atoms with E-state index in [1.165, 1.54) is 4.57 Å². The van der Waals surface area contributed by atoms with Crippen LogP contribution in [0.2, 0.25) is 0 Å². The van der Waals surface area contributed by atoms with E-state index in [-0.39, 0.29) is 11.2 Å². The van der Waals surface area contributed by atoms with Gasteiger partial charge in [-0.2, -0.15) is 4.57 Å². The summed E-state index contributed by atoms with van der Waals surface area (Å²) in [6, 6.07) is 18.9. The number of nitrogens with zero attached hydrogens (tertiary/aromatic N) is 3. The number of aromatic nitrogens is 3. The molecule has 0 fully saturated rings. The lowest BCUT2D eigenvalue weighted by Crippen LogP contribution is -2.41. The van der Waals surface area contributed by atoms with Gasteiger partial charge in [0.25, 0.3) is 5.69 Å². The zero-order chi connectivity index (χ0) is 17.4. The van der Waals surface area contributed by atoms with E-state index in [1.54, 1.807) is 24.0 Å². The van der Waals surface area contributed by atoms with E-state index in [0.29, 0.717) is 5.82 Å². The molecule has 0 bridgehead atoms. The zero-order valence-electron chi connectivity index (χ0n) is 13.6. The van der Waals surface area contributed by atoms with Gasteiger partial charge in [-0.25, -0.2) is 4.98 Å². The second kappa shape index (κ2) is 5.87. The highest BCUT2D eigenvalue weighted by atomic mass is 16.3. The van der Waals surface area contributed by atoms with Crippen molar-refractivity contribution in [1.29, 1.82) is 0 Å². The normalized spacial score (nSPS) is 10.9. The van der Waals surface area contributed by atoms with Crippen molar-refractivity contribution in [3.05, 3.63) is 83.4 Å². The quantitative estimate of drug-likeness (QED) is 0.528. The molecule has 0 aliphatic heterocycles. The van der Waals surface area contributed by atoms with Gasteiger partial charge in [-0.3, -0.25) is 9.36 Å². The predicted octanol–water partition coefficient (Wildman–Crippen LogP) is 1.95. The summed E-state index contributed by atoms with van der Waals surface area (Å²) < 4.78 is 2.96. The third kappa shape index (κ3) is 2.55. The first-order valence-corrected chi connectivity index (χ1v) is 7.89. The third-order valence-corrected chi connectivity index (χ3v) is 4.21. The summed E-state index contributed by atoms with van der Waals surface area (Å²) in [5.41, 5.74) is 0.376. The Bertz CT molecular complexity index is 1130. The Morgan fingerprint density at radius 2 is 1.64 bits per heavy atom. The summed E-state index contributed by atoms with van der Waals surface area (Å²) >= 11 is 0. The van der Waals surface area contributed by atoms with E-state index in [2.05, 4.69) is 4.98 Å². The fraction of sp³-hybridized carbons (Fsp3) is 0.0500. The topological polar surface area (TPSA) is 61.8 Å². The molecular weight excluding hydrogens is 314 g/mol. The molecule has 4 aromatic rings. The minimum Gasteiger partial charge on any atom is -0.854 e. The van der Waals surface area contributed by atoms with E-state index in [0.717, 1.165) is 16.3 Å². The Kier molecular flexibility index (Phi) is 3.54. The summed E-state index contributed by atoms with van der Waals surface area (Å²) in [6.07, 6.45) is 3.49. The highest BCUT2D eigenvalue weighted by Crippen LogP contribution is 2.18. The molecule has 0 aliphatic carbocycles. The molecule has 0 atom stereocenters. The molecule has 2 heterocycles. The van der Waals surface area contributed by atoms with Crippen molar-refractivity contribution in [3.63, 3.8) is 0 Å². The molecule has 0 aliphatic rings. The molecule has 2 aromatic carbocycles. The van der Waals surface area contributed by atoms with Crippen molar-refractivity contribution >= 4 is 10.8 Å². The SMILES string of the molecule is Cn1c(-c2ccccc2)nc([O-])c(-[n+]2ccc3ccccc3c2)c1=O. The second-order valence-corrected chi connectivity index (χ2v) is 5.80. The molecule has 122 valence electrons. The third-order valence-electron chi connectivity index (χ3n) is 4.21. The van der Waals surface area contributed by atoms with E-state index in [9.17, 15) is 9.90 Å². The average molecular weight is 329 g/mol. The van der Waals surface area contributed by atoms with Gasteiger partial charge in [0, 0.05) is 24.1 Å². The molecule has 25 heavy (non-hydrogen) atoms. The minimum absolute atomic E-state index is 0.0212. The molecule has 2 aromatic heterocycles. The molecule has 0 N–H and O–H groups in total. The van der Waals surface area contributed by atoms with Crippen LogP contribution in [0.15, 0.2) is 77.9 Å². The van der Waals surface area contributed by atoms with Crippen LogP contribution in [0.4, 0.5) is 0 Å². The van der Waals surface area contributed by atoms with Gasteiger partial charge in [-0.1, -0.05) is 48.5 Å². The standard InChI is InChI=1S/C20H15N3O2/c1-22-18(15-8-3-2-4-9-15)21-19(24)17(20(22)25)23-12-11-14-7-5-6-10-16(14)13-23/h2-13H,1H3. The van der Waals surface area contributed by atoms with Gasteiger partial charge in [0.15, 0.2) is 12.4 Å². The van der Waals surface area contributed by atoms with E-state index in [1.807, 2.05) is 60.7 Å². The number of rotatable bonds is 2. The average Bonchev–Trinajstić information content (AvgIpc) is 2.65. The van der Waals surface area contributed by atoms with Crippen LogP contribution in [0.25, 0.3) is 27.8 Å². The summed E-state index contributed by atoms with van der Waals surface area (Å²) in [7, 11) is 1.63. The van der Waals surface area contributed by atoms with Crippen molar-refractivity contribution in [2.75, 3.05) is 0 Å². The highest BCUT2D eigenvalue weighted by Gasteiger charge is 2.19. The van der Waals surface area contributed by atoms with Crippen LogP contribution in [0.1, 0.15) is 0 Å². The van der Waals surface area contributed by atoms with Crippen molar-refractivity contribution in [2.24, 2.45) is 7.05 Å². The van der Waals surface area contributed by atoms with Gasteiger partial charge in [0.2, 0.25) is 0 Å². The Balaban J connectivity index is 1.93. The van der Waals surface area contributed by atoms with E-state index >= 15 is 0 Å². The number of fused-ring (bicyclic) bond motifs is 1. The first kappa shape index (κ1) is 15.1. The van der Waals surface area contributed by atoms with Crippen molar-refractivity contribution in [2.45, 2.75) is 0 Å². The Morgan fingerprint density at radius 3 is 2.40 bits per heavy atom. The summed E-state index contributed by atoms with van der Waals surface area (Å²) in [5.74, 6) is -0.178. The van der Waals surface area contributed by atoms with Crippen LogP contribution in [0.3, 0.4) is 0 Å². The van der Waals surface area contributed by atoms with Gasteiger partial charge in [0.05, 0.1) is 5.88 Å². The van der Waals surface area contributed by atoms with Crippen LogP contribution in [0.5, 0.6) is 5.88 Å². The lowest BCUT2D eigenvalue weighted by molar-refractivity contribution is -0.600. The van der Waals surface area contributed by atoms with Gasteiger partial charge < -0.3 is 5.11 Å². The number of hydrogen-bond donors (Lipinski definition) is 0. The highest BCUT2D eigenvalue weighted by molar-refractivity contribution is 5.80. The molecule has 0 radical (unpaired) electrons. The molecule has 0 saturated heterocycles. The minimum atomic E-state index is -0.540. The van der Waals surface area contributed by atoms with Gasteiger partial charge in [0.1, 0.15) is 5.82 Å². The lowest BCUT2D eigenvalue weighted by atomic mass is 10.2. The zero-order valence-corrected chi connectivity index (χ0v) is 13.6. The van der Waals surface area contributed by atoms with Crippen molar-refractivity contribution in [3.8, 4) is 23.0 Å². The smallest absolute Gasteiger partial charge is 0.325 e. The number of pyridine rings is 1. The van der Waals surface area contributed by atoms with Gasteiger partial charge in [-0.15, -0.1) is 0 Å². The summed E-state index contributed by atoms with van der Waals surface area (Å²) in [4.78, 5) is 17.0. The van der Waals surface area contributed by atoms with Gasteiger partial charge in [-0.05, 0) is 11.5 Å². The maximum absolute atomic E-state index is 12.8. The Labute approximate surface area is 144 Å². The molecule has 0 saturated carbocycles. The summed E-state index contributed by atoms with van der Waals surface area (Å²) in [5, 5.41) is 14.6. The van der Waals surface area contributed by atoms with Crippen LogP contribution in [-0.2, 0) is 7.05 Å². The lowest BCUT2D eigenvalue weighted by Gasteiger charge is -2.13. The van der Waals surface area contributed by atoms with Crippen LogP contribution < -0.4 is 15.2 Å². The fourth-order valence-electron chi connectivity index (χ4n) is 2.91. The number of benzene rings is 2. The van der Waals surface area contributed by atoms with Crippen molar-refractivity contribution in [1.82, 2.24) is 9.55 Å². The maximum atomic E-state index is 12.8.